The van der Waals surface area contributed by atoms with Crippen molar-refractivity contribution in [1.29, 1.82) is 0 Å². The van der Waals surface area contributed by atoms with Gasteiger partial charge >= 0.3 is 0 Å². The van der Waals surface area contributed by atoms with E-state index in [1.165, 1.54) is 24.6 Å². The Morgan fingerprint density at radius 3 is 2.83 bits per heavy atom. The zero-order valence-corrected chi connectivity index (χ0v) is 15.1. The van der Waals surface area contributed by atoms with Gasteiger partial charge in [0.05, 0.1) is 9.93 Å². The molecule has 0 atom stereocenters. The molecule has 4 rings (SSSR count). The molecule has 2 aliphatic rings. The van der Waals surface area contributed by atoms with Gasteiger partial charge in [-0.2, -0.15) is 0 Å². The molecule has 0 spiro atoms. The average molecular weight is 376 g/mol. The van der Waals surface area contributed by atoms with Crippen molar-refractivity contribution in [2.45, 2.75) is 12.8 Å². The van der Waals surface area contributed by atoms with Crippen molar-refractivity contribution >= 4 is 51.9 Å². The number of furan rings is 1. The van der Waals surface area contributed by atoms with Crippen LogP contribution in [0.4, 0.5) is 0 Å². The molecule has 1 saturated heterocycles. The van der Waals surface area contributed by atoms with Gasteiger partial charge in [0, 0.05) is 18.2 Å². The molecule has 1 saturated carbocycles. The molecule has 1 aromatic heterocycles. The predicted octanol–water partition coefficient (Wildman–Crippen LogP) is 5.21. The normalized spacial score (nSPS) is 19.5. The van der Waals surface area contributed by atoms with Crippen LogP contribution < -0.4 is 0 Å². The lowest BCUT2D eigenvalue weighted by atomic mass is 10.2. The van der Waals surface area contributed by atoms with E-state index in [1.807, 2.05) is 36.4 Å². The Morgan fingerprint density at radius 1 is 1.29 bits per heavy atom. The summed E-state index contributed by atoms with van der Waals surface area (Å²) in [6.45, 7) is 0.741. The maximum absolute atomic E-state index is 12.5. The highest BCUT2D eigenvalue weighted by Gasteiger charge is 2.36. The standard InChI is InChI=1S/C18H14ClNO2S2/c19-14-4-2-1-3-13(14)15-8-7-12(22-15)9-16-17(21)20(18(23)24-16)10-11-5-6-11/h1-4,7-9,11H,5-6,10H2/b16-9+. The van der Waals surface area contributed by atoms with Crippen molar-refractivity contribution in [3.05, 3.63) is 52.1 Å². The van der Waals surface area contributed by atoms with Crippen LogP contribution in [0.25, 0.3) is 17.4 Å². The molecule has 2 aromatic rings. The smallest absolute Gasteiger partial charge is 0.266 e. The fourth-order valence-corrected chi connectivity index (χ4v) is 4.07. The molecule has 0 radical (unpaired) electrons. The number of hydrogen-bond donors (Lipinski definition) is 0. The summed E-state index contributed by atoms with van der Waals surface area (Å²) in [5.74, 6) is 1.90. The third kappa shape index (κ3) is 3.16. The number of rotatable bonds is 4. The van der Waals surface area contributed by atoms with Crippen LogP contribution in [0.5, 0.6) is 0 Å². The Kier molecular flexibility index (Phi) is 4.24. The molecule has 1 aromatic carbocycles. The summed E-state index contributed by atoms with van der Waals surface area (Å²) >= 11 is 12.9. The van der Waals surface area contributed by atoms with Gasteiger partial charge in [0.15, 0.2) is 0 Å². The summed E-state index contributed by atoms with van der Waals surface area (Å²) in [7, 11) is 0. The summed E-state index contributed by atoms with van der Waals surface area (Å²) in [6, 6.07) is 11.2. The number of thioether (sulfide) groups is 1. The van der Waals surface area contributed by atoms with Crippen LogP contribution in [-0.2, 0) is 4.79 Å². The van der Waals surface area contributed by atoms with Crippen molar-refractivity contribution < 1.29 is 9.21 Å². The highest BCUT2D eigenvalue weighted by Crippen LogP contribution is 2.38. The minimum atomic E-state index is -0.0207. The van der Waals surface area contributed by atoms with Crippen LogP contribution in [0.2, 0.25) is 5.02 Å². The van der Waals surface area contributed by atoms with E-state index in [4.69, 9.17) is 28.2 Å². The van der Waals surface area contributed by atoms with Gasteiger partial charge in [-0.1, -0.05) is 47.7 Å². The van der Waals surface area contributed by atoms with E-state index in [2.05, 4.69) is 0 Å². The summed E-state index contributed by atoms with van der Waals surface area (Å²) < 4.78 is 6.47. The monoisotopic (exact) mass is 375 g/mol. The maximum Gasteiger partial charge on any atom is 0.266 e. The van der Waals surface area contributed by atoms with Crippen molar-refractivity contribution in [1.82, 2.24) is 4.90 Å². The summed E-state index contributed by atoms with van der Waals surface area (Å²) in [4.78, 5) is 14.8. The largest absolute Gasteiger partial charge is 0.457 e. The van der Waals surface area contributed by atoms with Crippen LogP contribution in [0, 0.1) is 5.92 Å². The number of carbonyl (C=O) groups is 1. The second-order valence-electron chi connectivity index (χ2n) is 5.92. The third-order valence-corrected chi connectivity index (χ3v) is 5.76. The Labute approximate surface area is 154 Å². The maximum atomic E-state index is 12.5. The molecule has 2 fully saturated rings. The van der Waals surface area contributed by atoms with Gasteiger partial charge in [-0.15, -0.1) is 0 Å². The first-order chi connectivity index (χ1) is 11.6. The first-order valence-electron chi connectivity index (χ1n) is 7.72. The van der Waals surface area contributed by atoms with Gasteiger partial charge in [-0.05, 0) is 43.0 Å². The van der Waals surface area contributed by atoms with Crippen molar-refractivity contribution in [3.8, 4) is 11.3 Å². The molecule has 0 bridgehead atoms. The van der Waals surface area contributed by atoms with Crippen molar-refractivity contribution in [3.63, 3.8) is 0 Å². The Balaban J connectivity index is 1.57. The quantitative estimate of drug-likeness (QED) is 0.542. The van der Waals surface area contributed by atoms with Gasteiger partial charge < -0.3 is 4.42 Å². The number of thiocarbonyl (C=S) groups is 1. The molecule has 122 valence electrons. The van der Waals surface area contributed by atoms with Gasteiger partial charge in [0.25, 0.3) is 5.91 Å². The van der Waals surface area contributed by atoms with Gasteiger partial charge in [0.2, 0.25) is 0 Å². The number of benzene rings is 1. The lowest BCUT2D eigenvalue weighted by Crippen LogP contribution is -2.29. The predicted molar refractivity (Wildman–Crippen MR) is 102 cm³/mol. The van der Waals surface area contributed by atoms with Crippen LogP contribution in [0.3, 0.4) is 0 Å². The van der Waals surface area contributed by atoms with Crippen LogP contribution in [0.15, 0.2) is 45.7 Å². The number of hydrogen-bond acceptors (Lipinski definition) is 4. The second kappa shape index (κ2) is 6.39. The molecule has 0 unspecified atom stereocenters. The van der Waals surface area contributed by atoms with Gasteiger partial charge in [-0.3, -0.25) is 9.69 Å². The zero-order valence-electron chi connectivity index (χ0n) is 12.7. The molecule has 2 heterocycles. The topological polar surface area (TPSA) is 33.5 Å². The molecule has 3 nitrogen and oxygen atoms in total. The molecular weight excluding hydrogens is 362 g/mol. The zero-order chi connectivity index (χ0) is 16.7. The minimum absolute atomic E-state index is 0.0207. The first-order valence-corrected chi connectivity index (χ1v) is 9.32. The van der Waals surface area contributed by atoms with Gasteiger partial charge in [-0.25, -0.2) is 0 Å². The third-order valence-electron chi connectivity index (χ3n) is 4.05. The molecule has 6 heteroatoms. The molecule has 24 heavy (non-hydrogen) atoms. The molecule has 1 amide bonds. The Hall–Kier alpha value is -1.56. The van der Waals surface area contributed by atoms with Crippen LogP contribution >= 0.6 is 35.6 Å². The first kappa shape index (κ1) is 15.9. The molecule has 0 N–H and O–H groups in total. The highest BCUT2D eigenvalue weighted by atomic mass is 35.5. The fourth-order valence-electron chi connectivity index (χ4n) is 2.58. The van der Waals surface area contributed by atoms with Crippen LogP contribution in [0.1, 0.15) is 18.6 Å². The molecule has 1 aliphatic carbocycles. The summed E-state index contributed by atoms with van der Waals surface area (Å²) in [6.07, 6.45) is 4.14. The van der Waals surface area contributed by atoms with Crippen molar-refractivity contribution in [2.24, 2.45) is 5.92 Å². The Morgan fingerprint density at radius 2 is 2.08 bits per heavy atom. The number of amides is 1. The average Bonchev–Trinajstić information content (AvgIpc) is 3.21. The number of carbonyl (C=O) groups excluding carboxylic acids is 1. The Bertz CT molecular complexity index is 854. The lowest BCUT2D eigenvalue weighted by Gasteiger charge is -2.12. The van der Waals surface area contributed by atoms with E-state index in [1.54, 1.807) is 11.0 Å². The second-order valence-corrected chi connectivity index (χ2v) is 8.00. The summed E-state index contributed by atoms with van der Waals surface area (Å²) in [5, 5.41) is 0.633. The van der Waals surface area contributed by atoms with E-state index in [0.717, 1.165) is 12.1 Å². The van der Waals surface area contributed by atoms with E-state index in [-0.39, 0.29) is 5.91 Å². The van der Waals surface area contributed by atoms with Crippen LogP contribution in [-0.4, -0.2) is 21.7 Å². The van der Waals surface area contributed by atoms with E-state index in [0.29, 0.717) is 31.7 Å². The van der Waals surface area contributed by atoms with E-state index >= 15 is 0 Å². The fraction of sp³-hybridized carbons (Fsp3) is 0.222. The van der Waals surface area contributed by atoms with Crippen molar-refractivity contribution in [2.75, 3.05) is 6.54 Å². The minimum Gasteiger partial charge on any atom is -0.457 e. The highest BCUT2D eigenvalue weighted by molar-refractivity contribution is 8.26. The molecular formula is C18H14ClNO2S2. The van der Waals surface area contributed by atoms with E-state index < -0.39 is 0 Å². The number of nitrogens with zero attached hydrogens (tertiary/aromatic N) is 1. The number of halogens is 1. The molecule has 1 aliphatic heterocycles. The lowest BCUT2D eigenvalue weighted by molar-refractivity contribution is -0.122. The summed E-state index contributed by atoms with van der Waals surface area (Å²) in [5.41, 5.74) is 0.833. The van der Waals surface area contributed by atoms with Gasteiger partial charge in [0.1, 0.15) is 15.8 Å². The SMILES string of the molecule is O=C1/C(=C\c2ccc(-c3ccccc3Cl)o2)SC(=S)N1CC1CC1. The van der Waals surface area contributed by atoms with E-state index in [9.17, 15) is 4.79 Å².